The van der Waals surface area contributed by atoms with Gasteiger partial charge in [0.15, 0.2) is 0 Å². The molecule has 124 valence electrons. The Morgan fingerprint density at radius 2 is 1.87 bits per heavy atom. The predicted octanol–water partition coefficient (Wildman–Crippen LogP) is 2.31. The average molecular weight is 322 g/mol. The lowest BCUT2D eigenvalue weighted by Gasteiger charge is -2.32. The number of carbonyl (C=O) groups is 1. The first-order chi connectivity index (χ1) is 10.6. The number of hydrogen-bond donors (Lipinski definition) is 1. The zero-order chi connectivity index (χ0) is 17.4. The van der Waals surface area contributed by atoms with Crippen molar-refractivity contribution < 1.29 is 14.6 Å². The molecule has 2 rings (SSSR count). The van der Waals surface area contributed by atoms with E-state index in [1.54, 1.807) is 4.90 Å². The summed E-state index contributed by atoms with van der Waals surface area (Å²) in [5, 5.41) is 24.8. The van der Waals surface area contributed by atoms with Gasteiger partial charge in [0.25, 0.3) is 11.4 Å². The van der Waals surface area contributed by atoms with Crippen molar-refractivity contribution >= 4 is 23.0 Å². The number of nitro groups is 2. The van der Waals surface area contributed by atoms with Crippen LogP contribution in [0.1, 0.15) is 27.2 Å². The normalized spacial score (nSPS) is 18.1. The van der Waals surface area contributed by atoms with Crippen LogP contribution in [0.3, 0.4) is 0 Å². The fourth-order valence-corrected chi connectivity index (χ4v) is 2.58. The van der Waals surface area contributed by atoms with Gasteiger partial charge in [-0.25, -0.2) is 0 Å². The first kappa shape index (κ1) is 16.7. The van der Waals surface area contributed by atoms with Gasteiger partial charge in [0, 0.05) is 24.6 Å². The van der Waals surface area contributed by atoms with Crippen LogP contribution in [-0.4, -0.2) is 38.8 Å². The van der Waals surface area contributed by atoms with E-state index in [1.165, 1.54) is 12.1 Å². The minimum Gasteiger partial charge on any atom is -0.374 e. The number of amides is 1. The van der Waals surface area contributed by atoms with Crippen LogP contribution in [0.2, 0.25) is 0 Å². The van der Waals surface area contributed by atoms with Crippen LogP contribution >= 0.6 is 0 Å². The van der Waals surface area contributed by atoms with Crippen molar-refractivity contribution in [2.24, 2.45) is 0 Å². The minimum atomic E-state index is -0.683. The molecule has 0 bridgehead atoms. The van der Waals surface area contributed by atoms with E-state index >= 15 is 0 Å². The lowest BCUT2D eigenvalue weighted by atomic mass is 10.1. The van der Waals surface area contributed by atoms with Crippen molar-refractivity contribution in [3.63, 3.8) is 0 Å². The van der Waals surface area contributed by atoms with Gasteiger partial charge in [0.1, 0.15) is 5.69 Å². The third kappa shape index (κ3) is 3.55. The summed E-state index contributed by atoms with van der Waals surface area (Å²) < 4.78 is 0. The Morgan fingerprint density at radius 3 is 2.35 bits per heavy atom. The molecular weight excluding hydrogens is 304 g/mol. The van der Waals surface area contributed by atoms with Gasteiger partial charge in [-0.15, -0.1) is 0 Å². The molecule has 0 radical (unpaired) electrons. The fraction of sp³-hybridized carbons (Fsp3) is 0.500. The van der Waals surface area contributed by atoms with Gasteiger partial charge in [-0.3, -0.25) is 25.0 Å². The van der Waals surface area contributed by atoms with E-state index in [4.69, 9.17) is 0 Å². The Labute approximate surface area is 132 Å². The maximum absolute atomic E-state index is 12.0. The maximum atomic E-state index is 12.0. The molecule has 1 atom stereocenters. The zero-order valence-electron chi connectivity index (χ0n) is 13.1. The largest absolute Gasteiger partial charge is 0.374 e. The molecule has 1 aromatic carbocycles. The van der Waals surface area contributed by atoms with Crippen LogP contribution in [0.5, 0.6) is 0 Å². The van der Waals surface area contributed by atoms with Gasteiger partial charge < -0.3 is 10.2 Å². The number of rotatable bonds is 4. The third-order valence-corrected chi connectivity index (χ3v) is 3.68. The smallest absolute Gasteiger partial charge is 0.299 e. The Hall–Kier alpha value is -2.71. The predicted molar refractivity (Wildman–Crippen MR) is 83.2 cm³/mol. The third-order valence-electron chi connectivity index (χ3n) is 3.68. The summed E-state index contributed by atoms with van der Waals surface area (Å²) in [4.78, 5) is 34.3. The van der Waals surface area contributed by atoms with Crippen molar-refractivity contribution in [2.75, 3.05) is 11.9 Å². The monoisotopic (exact) mass is 322 g/mol. The summed E-state index contributed by atoms with van der Waals surface area (Å²) in [6.45, 7) is 6.18. The highest BCUT2D eigenvalue weighted by Gasteiger charge is 2.36. The number of hydrogen-bond acceptors (Lipinski definition) is 6. The van der Waals surface area contributed by atoms with Crippen molar-refractivity contribution in [1.29, 1.82) is 0 Å². The van der Waals surface area contributed by atoms with Gasteiger partial charge in [-0.1, -0.05) is 0 Å². The molecule has 1 unspecified atom stereocenters. The summed E-state index contributed by atoms with van der Waals surface area (Å²) in [6.07, 6.45) is 0.228. The standard InChI is InChI=1S/C14H18N4O5/c1-14(2,3)16-8-9(6-13(16)19)15-11-5-4-10(17(20)21)7-12(11)18(22)23/h4-5,7,9,15H,6,8H2,1-3H3. The molecule has 9 heteroatoms. The lowest BCUT2D eigenvalue weighted by Crippen LogP contribution is -2.43. The SMILES string of the molecule is CC(C)(C)N1CC(Nc2ccc([N+](=O)[O-])cc2[N+](=O)[O-])CC1=O. The van der Waals surface area contributed by atoms with E-state index in [0.717, 1.165) is 6.07 Å². The Kier molecular flexibility index (Phi) is 4.22. The molecular formula is C14H18N4O5. The highest BCUT2D eigenvalue weighted by atomic mass is 16.6. The van der Waals surface area contributed by atoms with Gasteiger partial charge in [-0.05, 0) is 26.8 Å². The Morgan fingerprint density at radius 1 is 1.22 bits per heavy atom. The quantitative estimate of drug-likeness (QED) is 0.671. The van der Waals surface area contributed by atoms with E-state index in [1.807, 2.05) is 20.8 Å². The van der Waals surface area contributed by atoms with Crippen molar-refractivity contribution in [2.45, 2.75) is 38.8 Å². The van der Waals surface area contributed by atoms with Crippen LogP contribution in [0.4, 0.5) is 17.1 Å². The molecule has 0 aliphatic carbocycles. The second-order valence-electron chi connectivity index (χ2n) is 6.44. The molecule has 1 aliphatic heterocycles. The Bertz CT molecular complexity index is 668. The highest BCUT2D eigenvalue weighted by Crippen LogP contribution is 2.31. The molecule has 0 aromatic heterocycles. The fourth-order valence-electron chi connectivity index (χ4n) is 2.58. The number of benzene rings is 1. The lowest BCUT2D eigenvalue weighted by molar-refractivity contribution is -0.393. The molecule has 0 spiro atoms. The second kappa shape index (κ2) is 5.82. The van der Waals surface area contributed by atoms with E-state index in [0.29, 0.717) is 6.54 Å². The highest BCUT2D eigenvalue weighted by molar-refractivity contribution is 5.81. The number of anilines is 1. The van der Waals surface area contributed by atoms with E-state index < -0.39 is 9.85 Å². The molecule has 1 saturated heterocycles. The van der Waals surface area contributed by atoms with E-state index in [-0.39, 0.29) is 41.0 Å². The number of nitro benzene ring substituents is 2. The molecule has 0 saturated carbocycles. The summed E-state index contributed by atoms with van der Waals surface area (Å²) in [6, 6.07) is 3.15. The number of likely N-dealkylation sites (tertiary alicyclic amines) is 1. The van der Waals surface area contributed by atoms with Crippen LogP contribution < -0.4 is 5.32 Å². The number of carbonyl (C=O) groups excluding carboxylic acids is 1. The van der Waals surface area contributed by atoms with Crippen molar-refractivity contribution in [3.8, 4) is 0 Å². The summed E-state index contributed by atoms with van der Waals surface area (Å²) in [7, 11) is 0. The molecule has 1 aromatic rings. The number of nitrogens with one attached hydrogen (secondary N) is 1. The van der Waals surface area contributed by atoms with Crippen LogP contribution in [-0.2, 0) is 4.79 Å². The average Bonchev–Trinajstić information content (AvgIpc) is 2.79. The number of non-ortho nitro benzene ring substituents is 1. The Balaban J connectivity index is 2.23. The van der Waals surface area contributed by atoms with Gasteiger partial charge in [0.2, 0.25) is 5.91 Å². The zero-order valence-corrected chi connectivity index (χ0v) is 13.1. The van der Waals surface area contributed by atoms with Crippen molar-refractivity contribution in [3.05, 3.63) is 38.4 Å². The topological polar surface area (TPSA) is 119 Å². The van der Waals surface area contributed by atoms with Crippen LogP contribution in [0.25, 0.3) is 0 Å². The molecule has 1 heterocycles. The second-order valence-corrected chi connectivity index (χ2v) is 6.44. The summed E-state index contributed by atoms with van der Waals surface area (Å²) >= 11 is 0. The molecule has 9 nitrogen and oxygen atoms in total. The van der Waals surface area contributed by atoms with Gasteiger partial charge >= 0.3 is 0 Å². The van der Waals surface area contributed by atoms with Gasteiger partial charge in [0.05, 0.1) is 22.0 Å². The molecule has 1 fully saturated rings. The maximum Gasteiger partial charge on any atom is 0.299 e. The van der Waals surface area contributed by atoms with Crippen LogP contribution in [0, 0.1) is 20.2 Å². The van der Waals surface area contributed by atoms with Crippen molar-refractivity contribution in [1.82, 2.24) is 4.90 Å². The first-order valence-electron chi connectivity index (χ1n) is 7.09. The molecule has 1 N–H and O–H groups in total. The first-order valence-corrected chi connectivity index (χ1v) is 7.09. The minimum absolute atomic E-state index is 0.0282. The molecule has 1 amide bonds. The molecule has 23 heavy (non-hydrogen) atoms. The van der Waals surface area contributed by atoms with E-state index in [2.05, 4.69) is 5.32 Å². The van der Waals surface area contributed by atoms with Gasteiger partial charge in [-0.2, -0.15) is 0 Å². The van der Waals surface area contributed by atoms with E-state index in [9.17, 15) is 25.0 Å². The summed E-state index contributed by atoms with van der Waals surface area (Å²) in [5.74, 6) is -0.0282. The number of nitrogens with zero attached hydrogens (tertiary/aromatic N) is 3. The molecule has 1 aliphatic rings. The van der Waals surface area contributed by atoms with Crippen LogP contribution in [0.15, 0.2) is 18.2 Å². The summed E-state index contributed by atoms with van der Waals surface area (Å²) in [5.41, 5.74) is -0.870.